The number of nitrogen functional groups attached to an aromatic ring is 1. The van der Waals surface area contributed by atoms with Gasteiger partial charge in [0.25, 0.3) is 0 Å². The molecule has 118 valence electrons. The van der Waals surface area contributed by atoms with E-state index in [4.69, 9.17) is 15.6 Å². The third-order valence-corrected chi connectivity index (χ3v) is 3.11. The summed E-state index contributed by atoms with van der Waals surface area (Å²) in [5.74, 6) is 0.455. The zero-order valence-electron chi connectivity index (χ0n) is 12.8. The first-order valence-corrected chi connectivity index (χ1v) is 7.09. The molecule has 0 spiro atoms. The van der Waals surface area contributed by atoms with Crippen molar-refractivity contribution in [2.24, 2.45) is 0 Å². The van der Waals surface area contributed by atoms with E-state index in [0.717, 1.165) is 25.8 Å². The lowest BCUT2D eigenvalue weighted by atomic mass is 10.2. The van der Waals surface area contributed by atoms with Crippen molar-refractivity contribution in [1.29, 1.82) is 0 Å². The van der Waals surface area contributed by atoms with Gasteiger partial charge in [-0.3, -0.25) is 9.69 Å². The average Bonchev–Trinajstić information content (AvgIpc) is 2.45. The SMILES string of the molecule is COc1cc(N)ccc1NC(=O)CN(C)CCCCCO. The Labute approximate surface area is 125 Å². The number of carbonyl (C=O) groups excluding carboxylic acids is 1. The number of aliphatic hydroxyl groups excluding tert-OH is 1. The summed E-state index contributed by atoms with van der Waals surface area (Å²) >= 11 is 0. The molecule has 1 amide bonds. The van der Waals surface area contributed by atoms with Gasteiger partial charge in [0.15, 0.2) is 0 Å². The number of unbranched alkanes of at least 4 members (excludes halogenated alkanes) is 2. The molecule has 21 heavy (non-hydrogen) atoms. The van der Waals surface area contributed by atoms with Gasteiger partial charge in [0.2, 0.25) is 5.91 Å². The molecule has 1 rings (SSSR count). The van der Waals surface area contributed by atoms with Gasteiger partial charge < -0.3 is 20.9 Å². The number of carbonyl (C=O) groups is 1. The fraction of sp³-hybridized carbons (Fsp3) is 0.533. The first-order valence-electron chi connectivity index (χ1n) is 7.09. The molecule has 0 saturated carbocycles. The van der Waals surface area contributed by atoms with Crippen molar-refractivity contribution in [1.82, 2.24) is 4.90 Å². The average molecular weight is 295 g/mol. The molecule has 6 nitrogen and oxygen atoms in total. The molecule has 0 unspecified atom stereocenters. The first-order chi connectivity index (χ1) is 10.1. The van der Waals surface area contributed by atoms with Gasteiger partial charge in [0.1, 0.15) is 5.75 Å². The van der Waals surface area contributed by atoms with Crippen LogP contribution in [0.3, 0.4) is 0 Å². The Morgan fingerprint density at radius 3 is 2.81 bits per heavy atom. The summed E-state index contributed by atoms with van der Waals surface area (Å²) in [6, 6.07) is 5.12. The molecule has 0 bridgehead atoms. The first kappa shape index (κ1) is 17.3. The van der Waals surface area contributed by atoms with Gasteiger partial charge in [0, 0.05) is 18.4 Å². The van der Waals surface area contributed by atoms with E-state index in [0.29, 0.717) is 23.7 Å². The lowest BCUT2D eigenvalue weighted by molar-refractivity contribution is -0.117. The molecule has 0 saturated heterocycles. The largest absolute Gasteiger partial charge is 0.494 e. The molecule has 1 aromatic carbocycles. The topological polar surface area (TPSA) is 87.8 Å². The summed E-state index contributed by atoms with van der Waals surface area (Å²) in [6.45, 7) is 1.36. The minimum Gasteiger partial charge on any atom is -0.494 e. The van der Waals surface area contributed by atoms with Crippen LogP contribution in [0, 0.1) is 0 Å². The van der Waals surface area contributed by atoms with E-state index >= 15 is 0 Å². The van der Waals surface area contributed by atoms with Crippen LogP contribution < -0.4 is 15.8 Å². The maximum atomic E-state index is 12.0. The highest BCUT2D eigenvalue weighted by Gasteiger charge is 2.10. The standard InChI is InChI=1S/C15H25N3O3/c1-18(8-4-3-5-9-19)11-15(20)17-13-7-6-12(16)10-14(13)21-2/h6-7,10,19H,3-5,8-9,11,16H2,1-2H3,(H,17,20). The molecule has 4 N–H and O–H groups in total. The number of benzene rings is 1. The number of hydrogen-bond acceptors (Lipinski definition) is 5. The van der Waals surface area contributed by atoms with Crippen LogP contribution in [0.25, 0.3) is 0 Å². The number of rotatable bonds is 9. The minimum absolute atomic E-state index is 0.0947. The highest BCUT2D eigenvalue weighted by molar-refractivity contribution is 5.94. The lowest BCUT2D eigenvalue weighted by Crippen LogP contribution is -2.31. The third kappa shape index (κ3) is 6.46. The second-order valence-corrected chi connectivity index (χ2v) is 5.03. The maximum absolute atomic E-state index is 12.0. The van der Waals surface area contributed by atoms with Crippen molar-refractivity contribution in [2.75, 3.05) is 44.9 Å². The van der Waals surface area contributed by atoms with Gasteiger partial charge in [0.05, 0.1) is 19.3 Å². The molecule has 0 atom stereocenters. The molecule has 1 aromatic rings. The summed E-state index contributed by atoms with van der Waals surface area (Å²) in [7, 11) is 3.44. The number of aliphatic hydroxyl groups is 1. The van der Waals surface area contributed by atoms with Crippen LogP contribution in [0.15, 0.2) is 18.2 Å². The van der Waals surface area contributed by atoms with E-state index < -0.39 is 0 Å². The predicted molar refractivity (Wildman–Crippen MR) is 84.5 cm³/mol. The summed E-state index contributed by atoms with van der Waals surface area (Å²) in [6.07, 6.45) is 2.74. The minimum atomic E-state index is -0.0947. The second-order valence-electron chi connectivity index (χ2n) is 5.03. The normalized spacial score (nSPS) is 10.7. The van der Waals surface area contributed by atoms with Gasteiger partial charge in [-0.05, 0) is 45.0 Å². The number of ether oxygens (including phenoxy) is 1. The van der Waals surface area contributed by atoms with E-state index in [9.17, 15) is 4.79 Å². The Bertz CT molecular complexity index is 452. The van der Waals surface area contributed by atoms with Crippen LogP contribution >= 0.6 is 0 Å². The Morgan fingerprint density at radius 1 is 1.38 bits per heavy atom. The van der Waals surface area contributed by atoms with Crippen molar-refractivity contribution in [3.05, 3.63) is 18.2 Å². The molecule has 0 aliphatic heterocycles. The van der Waals surface area contributed by atoms with Crippen molar-refractivity contribution in [3.63, 3.8) is 0 Å². The van der Waals surface area contributed by atoms with Gasteiger partial charge in [-0.2, -0.15) is 0 Å². The lowest BCUT2D eigenvalue weighted by Gasteiger charge is -2.17. The molecular formula is C15H25N3O3. The molecule has 0 aliphatic rings. The zero-order valence-corrected chi connectivity index (χ0v) is 12.8. The van der Waals surface area contributed by atoms with Gasteiger partial charge >= 0.3 is 0 Å². The Hall–Kier alpha value is -1.79. The third-order valence-electron chi connectivity index (χ3n) is 3.11. The number of hydrogen-bond donors (Lipinski definition) is 3. The highest BCUT2D eigenvalue weighted by Crippen LogP contribution is 2.26. The van der Waals surface area contributed by atoms with E-state index in [1.807, 2.05) is 11.9 Å². The molecule has 0 aliphatic carbocycles. The van der Waals surface area contributed by atoms with Crippen LogP contribution in [-0.2, 0) is 4.79 Å². The van der Waals surface area contributed by atoms with Gasteiger partial charge in [-0.15, -0.1) is 0 Å². The van der Waals surface area contributed by atoms with E-state index in [-0.39, 0.29) is 12.5 Å². The number of nitrogens with zero attached hydrogens (tertiary/aromatic N) is 1. The van der Waals surface area contributed by atoms with Crippen LogP contribution in [0.5, 0.6) is 5.75 Å². The summed E-state index contributed by atoms with van der Waals surface area (Å²) < 4.78 is 5.19. The number of nitrogens with one attached hydrogen (secondary N) is 1. The van der Waals surface area contributed by atoms with Gasteiger partial charge in [-0.1, -0.05) is 0 Å². The number of anilines is 2. The molecule has 6 heteroatoms. The van der Waals surface area contributed by atoms with E-state index in [1.54, 1.807) is 18.2 Å². The fourth-order valence-corrected chi connectivity index (χ4v) is 2.00. The maximum Gasteiger partial charge on any atom is 0.238 e. The van der Waals surface area contributed by atoms with Crippen LogP contribution in [0.1, 0.15) is 19.3 Å². The zero-order chi connectivity index (χ0) is 15.7. The predicted octanol–water partition coefficient (Wildman–Crippen LogP) is 1.31. The van der Waals surface area contributed by atoms with Crippen LogP contribution in [0.2, 0.25) is 0 Å². The molecule has 0 heterocycles. The summed E-state index contributed by atoms with van der Waals surface area (Å²) in [5, 5.41) is 11.5. The van der Waals surface area contributed by atoms with Crippen LogP contribution in [-0.4, -0.2) is 49.8 Å². The summed E-state index contributed by atoms with van der Waals surface area (Å²) in [5.41, 5.74) is 6.88. The highest BCUT2D eigenvalue weighted by atomic mass is 16.5. The molecule has 0 radical (unpaired) electrons. The molecule has 0 fully saturated rings. The molecule has 0 aromatic heterocycles. The van der Waals surface area contributed by atoms with Crippen LogP contribution in [0.4, 0.5) is 11.4 Å². The monoisotopic (exact) mass is 295 g/mol. The smallest absolute Gasteiger partial charge is 0.238 e. The number of methoxy groups -OCH3 is 1. The Kier molecular flexibility index (Phi) is 7.56. The Balaban J connectivity index is 2.42. The number of nitrogens with two attached hydrogens (primary N) is 1. The van der Waals surface area contributed by atoms with Crippen molar-refractivity contribution in [3.8, 4) is 5.75 Å². The fourth-order valence-electron chi connectivity index (χ4n) is 2.00. The van der Waals surface area contributed by atoms with Crippen molar-refractivity contribution < 1.29 is 14.6 Å². The second kappa shape index (κ2) is 9.20. The Morgan fingerprint density at radius 2 is 2.14 bits per heavy atom. The molecular weight excluding hydrogens is 270 g/mol. The van der Waals surface area contributed by atoms with Crippen molar-refractivity contribution >= 4 is 17.3 Å². The number of amides is 1. The number of likely N-dealkylation sites (N-methyl/N-ethyl adjacent to an activating group) is 1. The quantitative estimate of drug-likeness (QED) is 0.472. The van der Waals surface area contributed by atoms with Gasteiger partial charge in [-0.25, -0.2) is 0 Å². The van der Waals surface area contributed by atoms with E-state index in [2.05, 4.69) is 5.32 Å². The van der Waals surface area contributed by atoms with E-state index in [1.165, 1.54) is 7.11 Å². The van der Waals surface area contributed by atoms with Crippen molar-refractivity contribution in [2.45, 2.75) is 19.3 Å². The summed E-state index contributed by atoms with van der Waals surface area (Å²) in [4.78, 5) is 13.9.